The van der Waals surface area contributed by atoms with Crippen LogP contribution in [0.5, 0.6) is 5.75 Å². The van der Waals surface area contributed by atoms with Crippen molar-refractivity contribution in [1.82, 2.24) is 15.6 Å². The number of piperidine rings is 1. The third-order valence-corrected chi connectivity index (χ3v) is 7.48. The van der Waals surface area contributed by atoms with Crippen LogP contribution in [0.3, 0.4) is 0 Å². The van der Waals surface area contributed by atoms with Crippen molar-refractivity contribution in [3.05, 3.63) is 59.5 Å². The summed E-state index contributed by atoms with van der Waals surface area (Å²) < 4.78 is 11.0. The van der Waals surface area contributed by atoms with Crippen molar-refractivity contribution in [2.24, 2.45) is 0 Å². The van der Waals surface area contributed by atoms with E-state index in [1.54, 1.807) is 47.7 Å². The molecule has 0 bridgehead atoms. The Bertz CT molecular complexity index is 1370. The number of anilines is 2. The maximum atomic E-state index is 12.3. The number of nitrogens with zero attached hydrogens (tertiary/aromatic N) is 2. The molecule has 2 saturated heterocycles. The van der Waals surface area contributed by atoms with Crippen molar-refractivity contribution in [2.75, 3.05) is 49.7 Å². The van der Waals surface area contributed by atoms with Crippen LogP contribution in [0.4, 0.5) is 10.8 Å². The molecule has 2 fully saturated rings. The first-order chi connectivity index (χ1) is 19.4. The van der Waals surface area contributed by atoms with Crippen LogP contribution in [-0.2, 0) is 23.9 Å². The highest BCUT2D eigenvalue weighted by molar-refractivity contribution is 7.14. The molecule has 0 radical (unpaired) electrons. The van der Waals surface area contributed by atoms with E-state index in [1.807, 2.05) is 17.5 Å². The largest absolute Gasteiger partial charge is 0.484 e. The number of imide groups is 1. The number of hydrogen-bond donors (Lipinski definition) is 3. The van der Waals surface area contributed by atoms with Gasteiger partial charge in [0.25, 0.3) is 5.91 Å². The van der Waals surface area contributed by atoms with Gasteiger partial charge in [0.1, 0.15) is 5.75 Å². The van der Waals surface area contributed by atoms with Gasteiger partial charge in [0.05, 0.1) is 31.4 Å². The van der Waals surface area contributed by atoms with Crippen LogP contribution in [0.2, 0.25) is 0 Å². The lowest BCUT2D eigenvalue weighted by molar-refractivity contribution is -0.134. The molecular formula is C28H29N5O6S. The van der Waals surface area contributed by atoms with Gasteiger partial charge in [0.2, 0.25) is 17.7 Å². The van der Waals surface area contributed by atoms with Gasteiger partial charge in [0.15, 0.2) is 11.7 Å². The molecule has 5 rings (SSSR count). The predicted molar refractivity (Wildman–Crippen MR) is 149 cm³/mol. The first-order valence-electron chi connectivity index (χ1n) is 13.0. The number of carbonyl (C=O) groups excluding carboxylic acids is 4. The van der Waals surface area contributed by atoms with E-state index in [2.05, 4.69) is 20.9 Å². The molecule has 0 spiro atoms. The van der Waals surface area contributed by atoms with Crippen molar-refractivity contribution in [2.45, 2.75) is 18.8 Å². The highest BCUT2D eigenvalue weighted by atomic mass is 32.1. The molecule has 3 heterocycles. The third kappa shape index (κ3) is 7.01. The Morgan fingerprint density at radius 1 is 1.05 bits per heavy atom. The van der Waals surface area contributed by atoms with E-state index >= 15 is 0 Å². The van der Waals surface area contributed by atoms with Crippen LogP contribution >= 0.6 is 11.3 Å². The van der Waals surface area contributed by atoms with Crippen LogP contribution in [-0.4, -0.2) is 68.1 Å². The molecule has 0 saturated carbocycles. The average Bonchev–Trinajstić information content (AvgIpc) is 3.47. The van der Waals surface area contributed by atoms with Crippen LogP contribution in [0.1, 0.15) is 24.3 Å². The van der Waals surface area contributed by atoms with E-state index in [1.165, 1.54) is 0 Å². The van der Waals surface area contributed by atoms with Gasteiger partial charge >= 0.3 is 0 Å². The number of carbonyl (C=O) groups is 4. The zero-order chi connectivity index (χ0) is 27.9. The minimum atomic E-state index is -0.429. The van der Waals surface area contributed by atoms with E-state index in [-0.39, 0.29) is 25.0 Å². The van der Waals surface area contributed by atoms with E-state index in [0.717, 1.165) is 35.0 Å². The molecule has 2 aromatic carbocycles. The fourth-order valence-electron chi connectivity index (χ4n) is 4.41. The third-order valence-electron chi connectivity index (χ3n) is 6.58. The molecule has 11 nitrogen and oxygen atoms in total. The second kappa shape index (κ2) is 12.7. The van der Waals surface area contributed by atoms with Crippen molar-refractivity contribution in [1.29, 1.82) is 0 Å². The topological polar surface area (TPSA) is 139 Å². The summed E-state index contributed by atoms with van der Waals surface area (Å²) in [6, 6.07) is 14.2. The summed E-state index contributed by atoms with van der Waals surface area (Å²) in [5, 5.41) is 10.6. The second-order valence-electron chi connectivity index (χ2n) is 9.38. The van der Waals surface area contributed by atoms with Gasteiger partial charge < -0.3 is 25.0 Å². The maximum Gasteiger partial charge on any atom is 0.258 e. The molecule has 0 aliphatic carbocycles. The smallest absolute Gasteiger partial charge is 0.258 e. The minimum Gasteiger partial charge on any atom is -0.484 e. The zero-order valence-corrected chi connectivity index (χ0v) is 22.5. The normalized spacial score (nSPS) is 17.2. The Labute approximate surface area is 234 Å². The summed E-state index contributed by atoms with van der Waals surface area (Å²) in [5.41, 5.74) is 3.14. The number of benzene rings is 2. The molecule has 2 aliphatic heterocycles. The highest BCUT2D eigenvalue weighted by Gasteiger charge is 2.27. The monoisotopic (exact) mass is 563 g/mol. The number of aromatic nitrogens is 1. The SMILES string of the molecule is O=C(COc1ccc(-c2csc(N3CCOCC3)n2)cc1)NCC(=O)Nc1ccc(C2CCC(=O)NC2=O)cc1. The summed E-state index contributed by atoms with van der Waals surface area (Å²) in [4.78, 5) is 54.7. The minimum absolute atomic E-state index is 0.217. The second-order valence-corrected chi connectivity index (χ2v) is 10.2. The van der Waals surface area contributed by atoms with Crippen molar-refractivity contribution >= 4 is 45.8 Å². The number of hydrogen-bond acceptors (Lipinski definition) is 9. The number of nitrogens with one attached hydrogen (secondary N) is 3. The van der Waals surface area contributed by atoms with Gasteiger partial charge in [-0.25, -0.2) is 4.98 Å². The molecule has 40 heavy (non-hydrogen) atoms. The Kier molecular flexibility index (Phi) is 8.67. The number of ether oxygens (including phenoxy) is 2. The molecule has 1 aromatic heterocycles. The Morgan fingerprint density at radius 3 is 2.52 bits per heavy atom. The van der Waals surface area contributed by atoms with Crippen molar-refractivity contribution < 1.29 is 28.7 Å². The first kappa shape index (κ1) is 27.3. The predicted octanol–water partition coefficient (Wildman–Crippen LogP) is 2.30. The summed E-state index contributed by atoms with van der Waals surface area (Å²) in [7, 11) is 0. The van der Waals surface area contributed by atoms with E-state index < -0.39 is 17.7 Å². The number of morpholine rings is 1. The van der Waals surface area contributed by atoms with Crippen LogP contribution < -0.4 is 25.6 Å². The van der Waals surface area contributed by atoms with Crippen molar-refractivity contribution in [3.8, 4) is 17.0 Å². The molecule has 3 N–H and O–H groups in total. The molecule has 1 unspecified atom stereocenters. The van der Waals surface area contributed by atoms with Crippen LogP contribution in [0, 0.1) is 0 Å². The lowest BCUT2D eigenvalue weighted by Crippen LogP contribution is -2.39. The van der Waals surface area contributed by atoms with Gasteiger partial charge in [-0.05, 0) is 48.4 Å². The molecule has 3 aromatic rings. The van der Waals surface area contributed by atoms with Crippen LogP contribution in [0.25, 0.3) is 11.3 Å². The van der Waals surface area contributed by atoms with Gasteiger partial charge in [0, 0.05) is 36.1 Å². The van der Waals surface area contributed by atoms with Gasteiger partial charge in [-0.3, -0.25) is 24.5 Å². The summed E-state index contributed by atoms with van der Waals surface area (Å²) >= 11 is 1.60. The first-order valence-corrected chi connectivity index (χ1v) is 13.8. The molecular weight excluding hydrogens is 534 g/mol. The summed E-state index contributed by atoms with van der Waals surface area (Å²) in [5.74, 6) is -1.26. The fraction of sp³-hybridized carbons (Fsp3) is 0.321. The van der Waals surface area contributed by atoms with Crippen LogP contribution in [0.15, 0.2) is 53.9 Å². The number of thiazole rings is 1. The van der Waals surface area contributed by atoms with E-state index in [9.17, 15) is 19.2 Å². The zero-order valence-electron chi connectivity index (χ0n) is 21.7. The van der Waals surface area contributed by atoms with Gasteiger partial charge in [-0.1, -0.05) is 12.1 Å². The summed E-state index contributed by atoms with van der Waals surface area (Å²) in [6.45, 7) is 2.64. The number of amides is 4. The van der Waals surface area contributed by atoms with Crippen molar-refractivity contribution in [3.63, 3.8) is 0 Å². The van der Waals surface area contributed by atoms with E-state index in [0.29, 0.717) is 37.5 Å². The highest BCUT2D eigenvalue weighted by Crippen LogP contribution is 2.29. The van der Waals surface area contributed by atoms with E-state index in [4.69, 9.17) is 14.5 Å². The average molecular weight is 564 g/mol. The Hall–Kier alpha value is -4.29. The maximum absolute atomic E-state index is 12.3. The number of rotatable bonds is 9. The Balaban J connectivity index is 1.03. The summed E-state index contributed by atoms with van der Waals surface area (Å²) in [6.07, 6.45) is 0.753. The fourth-order valence-corrected chi connectivity index (χ4v) is 5.30. The molecule has 4 amide bonds. The quantitative estimate of drug-likeness (QED) is 0.337. The molecule has 12 heteroatoms. The standard InChI is InChI=1S/C28H29N5O6S/c34-24-10-9-22(27(37)32-24)18-1-5-20(6-2-18)30-25(35)15-29-26(36)16-39-21-7-3-19(4-8-21)23-17-40-28(31-23)33-11-13-38-14-12-33/h1-8,17,22H,9-16H2,(H,29,36)(H,30,35)(H,32,34,37). The molecule has 2 aliphatic rings. The molecule has 208 valence electrons. The van der Waals surface area contributed by atoms with Gasteiger partial charge in [-0.15, -0.1) is 11.3 Å². The molecule has 1 atom stereocenters. The van der Waals surface area contributed by atoms with Gasteiger partial charge in [-0.2, -0.15) is 0 Å². The lowest BCUT2D eigenvalue weighted by atomic mass is 9.90. The Morgan fingerprint density at radius 2 is 1.80 bits per heavy atom. The lowest BCUT2D eigenvalue weighted by Gasteiger charge is -2.26.